The quantitative estimate of drug-likeness (QED) is 0.654. The van der Waals surface area contributed by atoms with Crippen molar-refractivity contribution in [1.82, 2.24) is 19.8 Å². The van der Waals surface area contributed by atoms with Gasteiger partial charge >= 0.3 is 5.69 Å². The predicted molar refractivity (Wildman–Crippen MR) is 107 cm³/mol. The number of rotatable bonds is 4. The van der Waals surface area contributed by atoms with Crippen molar-refractivity contribution >= 4 is 32.6 Å². The largest absolute Gasteiger partial charge is 0.341 e. The van der Waals surface area contributed by atoms with Crippen molar-refractivity contribution < 1.29 is 18.0 Å². The second-order valence-electron chi connectivity index (χ2n) is 6.91. The van der Waals surface area contributed by atoms with Crippen LogP contribution in [0.2, 0.25) is 0 Å². The molecule has 0 spiro atoms. The molecule has 0 aliphatic carbocycles. The first-order chi connectivity index (χ1) is 13.6. The Morgan fingerprint density at radius 1 is 1.21 bits per heavy atom. The molecule has 0 saturated carbocycles. The van der Waals surface area contributed by atoms with E-state index in [4.69, 9.17) is 0 Å². The fraction of sp³-hybridized carbons (Fsp3) is 0.444. The number of aromatic nitrogens is 2. The van der Waals surface area contributed by atoms with Gasteiger partial charge in [0.2, 0.25) is 5.91 Å². The van der Waals surface area contributed by atoms with Crippen molar-refractivity contribution in [3.8, 4) is 0 Å². The number of sulfone groups is 1. The van der Waals surface area contributed by atoms with Gasteiger partial charge in [-0.2, -0.15) is 0 Å². The third-order valence-corrected chi connectivity index (χ3v) is 6.54. The van der Waals surface area contributed by atoms with E-state index in [-0.39, 0.29) is 53.5 Å². The van der Waals surface area contributed by atoms with Gasteiger partial charge in [0.25, 0.3) is 11.5 Å². The van der Waals surface area contributed by atoms with Crippen molar-refractivity contribution in [3.05, 3.63) is 44.6 Å². The molecule has 11 heteroatoms. The summed E-state index contributed by atoms with van der Waals surface area (Å²) in [7, 11) is -3.11. The van der Waals surface area contributed by atoms with Gasteiger partial charge in [0.15, 0.2) is 9.84 Å². The van der Waals surface area contributed by atoms with Crippen molar-refractivity contribution in [1.29, 1.82) is 0 Å². The molecule has 1 aliphatic rings. The Morgan fingerprint density at radius 2 is 1.86 bits per heavy atom. The first-order valence-electron chi connectivity index (χ1n) is 9.20. The second-order valence-corrected chi connectivity index (χ2v) is 9.22. The average Bonchev–Trinajstić information content (AvgIpc) is 2.67. The molecule has 1 fully saturated rings. The number of carbonyl (C=O) groups excluding carboxylic acids is 2. The maximum absolute atomic E-state index is 12.5. The Hall–Kier alpha value is -2.95. The van der Waals surface area contributed by atoms with Crippen LogP contribution in [0.1, 0.15) is 24.2 Å². The van der Waals surface area contributed by atoms with Crippen LogP contribution >= 0.6 is 0 Å². The minimum atomic E-state index is -3.11. The van der Waals surface area contributed by atoms with Gasteiger partial charge in [-0.15, -0.1) is 0 Å². The number of hydrogen-bond acceptors (Lipinski definition) is 6. The minimum Gasteiger partial charge on any atom is -0.341 e. The number of nitrogens with zero attached hydrogens (tertiary/aromatic N) is 2. The lowest BCUT2D eigenvalue weighted by Crippen LogP contribution is -2.51. The Morgan fingerprint density at radius 3 is 2.48 bits per heavy atom. The summed E-state index contributed by atoms with van der Waals surface area (Å²) >= 11 is 0. The number of carbonyl (C=O) groups is 2. The van der Waals surface area contributed by atoms with Gasteiger partial charge in [-0.05, 0) is 32.0 Å². The maximum atomic E-state index is 12.5. The standard InChI is InChI=1S/C18H22N4O6S/c1-3-22-17(25)13-5-4-12(10-14(13)20-18(22)26)15(23)19-11(2)16(24)21-6-8-29(27,28)9-7-21/h4-5,10-11H,3,6-9H2,1-2H3,(H,19,23)(H,20,26). The first kappa shape index (κ1) is 20.8. The second kappa shape index (κ2) is 7.82. The van der Waals surface area contributed by atoms with Crippen LogP contribution in [0.4, 0.5) is 0 Å². The van der Waals surface area contributed by atoms with E-state index in [1.54, 1.807) is 6.92 Å². The van der Waals surface area contributed by atoms with Gasteiger partial charge in [-0.1, -0.05) is 0 Å². The Kier molecular flexibility index (Phi) is 5.60. The summed E-state index contributed by atoms with van der Waals surface area (Å²) < 4.78 is 24.0. The maximum Gasteiger partial charge on any atom is 0.328 e. The van der Waals surface area contributed by atoms with Crippen LogP contribution in [0, 0.1) is 0 Å². The molecule has 1 aliphatic heterocycles. The lowest BCUT2D eigenvalue weighted by Gasteiger charge is -2.29. The number of nitrogens with one attached hydrogen (secondary N) is 2. The van der Waals surface area contributed by atoms with Gasteiger partial charge in [0.05, 0.1) is 22.4 Å². The van der Waals surface area contributed by atoms with E-state index in [0.717, 1.165) is 4.57 Å². The lowest BCUT2D eigenvalue weighted by molar-refractivity contribution is -0.132. The Labute approximate surface area is 166 Å². The van der Waals surface area contributed by atoms with Gasteiger partial charge in [-0.3, -0.25) is 19.0 Å². The molecule has 1 aromatic carbocycles. The third-order valence-electron chi connectivity index (χ3n) is 4.93. The molecule has 3 rings (SSSR count). The number of H-pyrrole nitrogens is 1. The number of amides is 2. The zero-order chi connectivity index (χ0) is 21.3. The highest BCUT2D eigenvalue weighted by molar-refractivity contribution is 7.91. The van der Waals surface area contributed by atoms with E-state index in [0.29, 0.717) is 0 Å². The summed E-state index contributed by atoms with van der Waals surface area (Å²) in [5.74, 6) is -1.09. The number of benzene rings is 1. The number of aromatic amines is 1. The summed E-state index contributed by atoms with van der Waals surface area (Å²) in [6.45, 7) is 3.63. The summed E-state index contributed by atoms with van der Waals surface area (Å²) in [4.78, 5) is 53.3. The lowest BCUT2D eigenvalue weighted by atomic mass is 10.1. The molecule has 29 heavy (non-hydrogen) atoms. The zero-order valence-electron chi connectivity index (χ0n) is 16.1. The van der Waals surface area contributed by atoms with E-state index in [1.807, 2.05) is 0 Å². The third kappa shape index (κ3) is 4.24. The molecule has 10 nitrogen and oxygen atoms in total. The summed E-state index contributed by atoms with van der Waals surface area (Å²) in [6, 6.07) is 3.43. The molecule has 1 atom stereocenters. The Bertz CT molecular complexity index is 1180. The van der Waals surface area contributed by atoms with Gasteiger partial charge in [-0.25, -0.2) is 13.2 Å². The van der Waals surface area contributed by atoms with Crippen LogP contribution in [0.15, 0.2) is 27.8 Å². The Balaban J connectivity index is 1.76. The van der Waals surface area contributed by atoms with Gasteiger partial charge in [0, 0.05) is 25.2 Å². The molecule has 2 aromatic rings. The highest BCUT2D eigenvalue weighted by Crippen LogP contribution is 2.10. The fourth-order valence-electron chi connectivity index (χ4n) is 3.23. The van der Waals surface area contributed by atoms with Gasteiger partial charge in [0.1, 0.15) is 6.04 Å². The normalized spacial score (nSPS) is 17.1. The molecule has 1 saturated heterocycles. The molecule has 2 N–H and O–H groups in total. The summed E-state index contributed by atoms with van der Waals surface area (Å²) in [5.41, 5.74) is -0.590. The van der Waals surface area contributed by atoms with Crippen LogP contribution in [0.25, 0.3) is 10.9 Å². The molecular weight excluding hydrogens is 400 g/mol. The van der Waals surface area contributed by atoms with E-state index in [1.165, 1.54) is 30.0 Å². The molecule has 2 heterocycles. The predicted octanol–water partition coefficient (Wildman–Crippen LogP) is -0.915. The van der Waals surface area contributed by atoms with Crippen molar-refractivity contribution in [2.75, 3.05) is 24.6 Å². The molecule has 1 unspecified atom stereocenters. The van der Waals surface area contributed by atoms with Crippen molar-refractivity contribution in [2.45, 2.75) is 26.4 Å². The summed E-state index contributed by atoms with van der Waals surface area (Å²) in [6.07, 6.45) is 0. The molecule has 0 radical (unpaired) electrons. The van der Waals surface area contributed by atoms with Crippen LogP contribution in [0.5, 0.6) is 0 Å². The van der Waals surface area contributed by atoms with E-state index in [9.17, 15) is 27.6 Å². The van der Waals surface area contributed by atoms with Crippen molar-refractivity contribution in [3.63, 3.8) is 0 Å². The fourth-order valence-corrected chi connectivity index (χ4v) is 4.43. The summed E-state index contributed by atoms with van der Waals surface area (Å²) in [5, 5.41) is 2.85. The van der Waals surface area contributed by atoms with Crippen molar-refractivity contribution in [2.24, 2.45) is 0 Å². The highest BCUT2D eigenvalue weighted by atomic mass is 32.2. The first-order valence-corrected chi connectivity index (χ1v) is 11.0. The molecule has 1 aromatic heterocycles. The highest BCUT2D eigenvalue weighted by Gasteiger charge is 2.28. The van der Waals surface area contributed by atoms with Crippen LogP contribution in [0.3, 0.4) is 0 Å². The van der Waals surface area contributed by atoms with Gasteiger partial charge < -0.3 is 15.2 Å². The molecule has 2 amide bonds. The smallest absolute Gasteiger partial charge is 0.328 e. The van der Waals surface area contributed by atoms with E-state index >= 15 is 0 Å². The zero-order valence-corrected chi connectivity index (χ0v) is 16.9. The molecule has 0 bridgehead atoms. The molecule has 156 valence electrons. The topological polar surface area (TPSA) is 138 Å². The average molecular weight is 422 g/mol. The SMILES string of the molecule is CCn1c(=O)[nH]c2cc(C(=O)NC(C)C(=O)N3CCS(=O)(=O)CC3)ccc2c1=O. The van der Waals surface area contributed by atoms with Crippen LogP contribution < -0.4 is 16.6 Å². The minimum absolute atomic E-state index is 0.0905. The monoisotopic (exact) mass is 422 g/mol. The van der Waals surface area contributed by atoms with Crippen LogP contribution in [-0.4, -0.2) is 65.3 Å². The number of fused-ring (bicyclic) bond motifs is 1. The molecular formula is C18H22N4O6S. The van der Waals surface area contributed by atoms with E-state index < -0.39 is 33.0 Å². The number of hydrogen-bond donors (Lipinski definition) is 2. The van der Waals surface area contributed by atoms with E-state index in [2.05, 4.69) is 10.3 Å². The van der Waals surface area contributed by atoms with Crippen LogP contribution in [-0.2, 0) is 21.2 Å².